The summed E-state index contributed by atoms with van der Waals surface area (Å²) in [5, 5.41) is 13.7. The fourth-order valence-corrected chi connectivity index (χ4v) is 3.98. The highest BCUT2D eigenvalue weighted by molar-refractivity contribution is 5.75. The van der Waals surface area contributed by atoms with Gasteiger partial charge in [0.25, 0.3) is 0 Å². The SMILES string of the molecule is CC1CCCC(c2noc(CC3(C(=O)O)CCCC3)n2)C1. The fraction of sp³-hybridized carbons (Fsp3) is 0.812. The third-order valence-electron chi connectivity index (χ3n) is 5.29. The smallest absolute Gasteiger partial charge is 0.310 e. The highest BCUT2D eigenvalue weighted by atomic mass is 16.5. The molecule has 2 aliphatic rings. The number of hydrogen-bond acceptors (Lipinski definition) is 4. The zero-order valence-electron chi connectivity index (χ0n) is 12.7. The van der Waals surface area contributed by atoms with E-state index in [1.54, 1.807) is 0 Å². The summed E-state index contributed by atoms with van der Waals surface area (Å²) in [7, 11) is 0. The Kier molecular flexibility index (Phi) is 4.00. The van der Waals surface area contributed by atoms with Gasteiger partial charge in [0.05, 0.1) is 5.41 Å². The van der Waals surface area contributed by atoms with Gasteiger partial charge in [-0.15, -0.1) is 0 Å². The van der Waals surface area contributed by atoms with Crippen LogP contribution in [0.5, 0.6) is 0 Å². The predicted octanol–water partition coefficient (Wildman–Crippen LogP) is 3.55. The molecule has 3 rings (SSSR count). The van der Waals surface area contributed by atoms with Crippen LogP contribution in [0.15, 0.2) is 4.52 Å². The molecule has 21 heavy (non-hydrogen) atoms. The van der Waals surface area contributed by atoms with Crippen LogP contribution in [0.3, 0.4) is 0 Å². The first-order chi connectivity index (χ1) is 10.1. The first kappa shape index (κ1) is 14.5. The van der Waals surface area contributed by atoms with Gasteiger partial charge in [0.1, 0.15) is 0 Å². The summed E-state index contributed by atoms with van der Waals surface area (Å²) in [4.78, 5) is 16.1. The van der Waals surface area contributed by atoms with E-state index in [-0.39, 0.29) is 0 Å². The van der Waals surface area contributed by atoms with E-state index in [4.69, 9.17) is 4.52 Å². The fourth-order valence-electron chi connectivity index (χ4n) is 3.98. The lowest BCUT2D eigenvalue weighted by molar-refractivity contribution is -0.148. The second-order valence-electron chi connectivity index (χ2n) is 6.98. The Morgan fingerprint density at radius 3 is 2.76 bits per heavy atom. The molecule has 0 spiro atoms. The van der Waals surface area contributed by atoms with Crippen molar-refractivity contribution in [2.45, 2.75) is 70.6 Å². The number of carboxylic acid groups (broad SMARTS) is 1. The lowest BCUT2D eigenvalue weighted by atomic mass is 9.82. The van der Waals surface area contributed by atoms with Crippen LogP contribution in [0.4, 0.5) is 0 Å². The summed E-state index contributed by atoms with van der Waals surface area (Å²) < 4.78 is 5.37. The van der Waals surface area contributed by atoms with Crippen molar-refractivity contribution in [1.82, 2.24) is 10.1 Å². The largest absolute Gasteiger partial charge is 0.481 e. The normalized spacial score (nSPS) is 28.6. The molecule has 1 aromatic rings. The van der Waals surface area contributed by atoms with Gasteiger partial charge in [0.15, 0.2) is 5.82 Å². The second kappa shape index (κ2) is 5.78. The number of aromatic nitrogens is 2. The van der Waals surface area contributed by atoms with Gasteiger partial charge in [0, 0.05) is 12.3 Å². The van der Waals surface area contributed by atoms with Crippen LogP contribution in [0.25, 0.3) is 0 Å². The third-order valence-corrected chi connectivity index (χ3v) is 5.29. The predicted molar refractivity (Wildman–Crippen MR) is 76.9 cm³/mol. The molecule has 2 aliphatic carbocycles. The summed E-state index contributed by atoms with van der Waals surface area (Å²) in [6.07, 6.45) is 8.52. The maximum Gasteiger partial charge on any atom is 0.310 e. The minimum Gasteiger partial charge on any atom is -0.481 e. The number of carbonyl (C=O) groups is 1. The van der Waals surface area contributed by atoms with Gasteiger partial charge < -0.3 is 9.63 Å². The van der Waals surface area contributed by atoms with E-state index < -0.39 is 11.4 Å². The van der Waals surface area contributed by atoms with Gasteiger partial charge in [-0.05, 0) is 31.6 Å². The molecular formula is C16H24N2O3. The molecule has 0 aromatic carbocycles. The summed E-state index contributed by atoms with van der Waals surface area (Å²) in [6, 6.07) is 0. The summed E-state index contributed by atoms with van der Waals surface area (Å²) in [5.74, 6) is 1.68. The molecule has 0 aliphatic heterocycles. The van der Waals surface area contributed by atoms with Crippen LogP contribution in [0, 0.1) is 11.3 Å². The highest BCUT2D eigenvalue weighted by Gasteiger charge is 2.43. The maximum atomic E-state index is 11.6. The average Bonchev–Trinajstić information content (AvgIpc) is 3.09. The van der Waals surface area contributed by atoms with E-state index in [9.17, 15) is 9.90 Å². The van der Waals surface area contributed by atoms with Gasteiger partial charge in [-0.3, -0.25) is 4.79 Å². The number of rotatable bonds is 4. The van der Waals surface area contributed by atoms with Crippen molar-refractivity contribution in [3.63, 3.8) is 0 Å². The number of carboxylic acids is 1. The standard InChI is InChI=1S/C16H24N2O3/c1-11-5-4-6-12(9-11)14-17-13(21-18-14)10-16(15(19)20)7-2-3-8-16/h11-12H,2-10H2,1H3,(H,19,20). The highest BCUT2D eigenvalue weighted by Crippen LogP contribution is 2.41. The van der Waals surface area contributed by atoms with E-state index in [0.29, 0.717) is 24.1 Å². The molecule has 0 amide bonds. The average molecular weight is 292 g/mol. The third kappa shape index (κ3) is 2.97. The van der Waals surface area contributed by atoms with Crippen LogP contribution in [-0.4, -0.2) is 21.2 Å². The molecule has 2 unspecified atom stereocenters. The van der Waals surface area contributed by atoms with Gasteiger partial charge in [-0.1, -0.05) is 37.8 Å². The molecule has 1 aromatic heterocycles. The molecular weight excluding hydrogens is 268 g/mol. The topological polar surface area (TPSA) is 76.2 Å². The lowest BCUT2D eigenvalue weighted by Crippen LogP contribution is -2.30. The minimum absolute atomic E-state index is 0.385. The first-order valence-electron chi connectivity index (χ1n) is 8.15. The molecule has 116 valence electrons. The number of aliphatic carboxylic acids is 1. The Morgan fingerprint density at radius 2 is 2.10 bits per heavy atom. The first-order valence-corrected chi connectivity index (χ1v) is 8.15. The summed E-state index contributed by atoms with van der Waals surface area (Å²) in [6.45, 7) is 2.27. The van der Waals surface area contributed by atoms with Gasteiger partial charge in [-0.25, -0.2) is 0 Å². The summed E-state index contributed by atoms with van der Waals surface area (Å²) >= 11 is 0. The molecule has 5 nitrogen and oxygen atoms in total. The zero-order valence-corrected chi connectivity index (χ0v) is 12.7. The molecule has 5 heteroatoms. The number of nitrogens with zero attached hydrogens (tertiary/aromatic N) is 2. The van der Waals surface area contributed by atoms with Gasteiger partial charge in [0.2, 0.25) is 5.89 Å². The van der Waals surface area contributed by atoms with Crippen LogP contribution in [-0.2, 0) is 11.2 Å². The van der Waals surface area contributed by atoms with E-state index in [1.807, 2.05) is 0 Å². The van der Waals surface area contributed by atoms with Crippen LogP contribution >= 0.6 is 0 Å². The Labute approximate surface area is 125 Å². The van der Waals surface area contributed by atoms with E-state index in [1.165, 1.54) is 12.8 Å². The van der Waals surface area contributed by atoms with Crippen molar-refractivity contribution in [3.8, 4) is 0 Å². The van der Waals surface area contributed by atoms with Crippen molar-refractivity contribution in [2.75, 3.05) is 0 Å². The van der Waals surface area contributed by atoms with Crippen LogP contribution in [0.2, 0.25) is 0 Å². The van der Waals surface area contributed by atoms with Crippen molar-refractivity contribution in [2.24, 2.45) is 11.3 Å². The van der Waals surface area contributed by atoms with E-state index in [2.05, 4.69) is 17.1 Å². The Morgan fingerprint density at radius 1 is 1.33 bits per heavy atom. The monoisotopic (exact) mass is 292 g/mol. The van der Waals surface area contributed by atoms with Crippen molar-refractivity contribution in [3.05, 3.63) is 11.7 Å². The van der Waals surface area contributed by atoms with Crippen molar-refractivity contribution >= 4 is 5.97 Å². The van der Waals surface area contributed by atoms with Crippen molar-refractivity contribution < 1.29 is 14.4 Å². The summed E-state index contributed by atoms with van der Waals surface area (Å²) in [5.41, 5.74) is -0.677. The van der Waals surface area contributed by atoms with E-state index in [0.717, 1.165) is 44.3 Å². The van der Waals surface area contributed by atoms with E-state index >= 15 is 0 Å². The molecule has 1 heterocycles. The van der Waals surface area contributed by atoms with Crippen LogP contribution in [0.1, 0.15) is 75.9 Å². The number of hydrogen-bond donors (Lipinski definition) is 1. The molecule has 1 N–H and O–H groups in total. The second-order valence-corrected chi connectivity index (χ2v) is 6.98. The molecule has 2 atom stereocenters. The zero-order chi connectivity index (χ0) is 14.9. The minimum atomic E-state index is -0.717. The van der Waals surface area contributed by atoms with Gasteiger partial charge in [-0.2, -0.15) is 4.98 Å². The quantitative estimate of drug-likeness (QED) is 0.918. The maximum absolute atomic E-state index is 11.6. The van der Waals surface area contributed by atoms with Crippen molar-refractivity contribution in [1.29, 1.82) is 0 Å². The molecule has 0 bridgehead atoms. The van der Waals surface area contributed by atoms with Crippen LogP contribution < -0.4 is 0 Å². The molecule has 0 saturated heterocycles. The Balaban J connectivity index is 1.71. The van der Waals surface area contributed by atoms with Gasteiger partial charge >= 0.3 is 5.97 Å². The Bertz CT molecular complexity index is 505. The lowest BCUT2D eigenvalue weighted by Gasteiger charge is -2.24. The molecule has 2 saturated carbocycles. The molecule has 0 radical (unpaired) electrons. The Hall–Kier alpha value is -1.39. The molecule has 2 fully saturated rings.